The lowest BCUT2D eigenvalue weighted by molar-refractivity contribution is 0.0697. The minimum Gasteiger partial charge on any atom is -0.480 e. The lowest BCUT2D eigenvalue weighted by Gasteiger charge is -2.15. The number of methoxy groups -OCH3 is 2. The number of anilines is 2. The molecule has 4 N–H and O–H groups in total. The van der Waals surface area contributed by atoms with Crippen LogP contribution in [0.1, 0.15) is 10.4 Å². The molecule has 0 aliphatic rings. The summed E-state index contributed by atoms with van der Waals surface area (Å²) in [6.07, 6.45) is 2.69. The van der Waals surface area contributed by atoms with E-state index < -0.39 is 16.0 Å². The van der Waals surface area contributed by atoms with Crippen LogP contribution in [0, 0.1) is 0 Å². The molecule has 12 heteroatoms. The van der Waals surface area contributed by atoms with Crippen LogP contribution in [0.2, 0.25) is 0 Å². The molecule has 0 atom stereocenters. The van der Waals surface area contributed by atoms with Crippen LogP contribution in [0.15, 0.2) is 59.8 Å². The summed E-state index contributed by atoms with van der Waals surface area (Å²) in [7, 11) is -1.24. The molecule has 0 bridgehead atoms. The van der Waals surface area contributed by atoms with Crippen molar-refractivity contribution in [3.05, 3.63) is 60.4 Å². The minimum absolute atomic E-state index is 0.0365. The van der Waals surface area contributed by atoms with Gasteiger partial charge in [0.05, 0.1) is 36.6 Å². The summed E-state index contributed by atoms with van der Waals surface area (Å²) in [6, 6.07) is 11.2. The Labute approximate surface area is 194 Å². The van der Waals surface area contributed by atoms with Crippen LogP contribution in [0.5, 0.6) is 11.9 Å². The third kappa shape index (κ3) is 4.44. The number of aromatic carboxylic acids is 1. The molecule has 0 amide bonds. The highest BCUT2D eigenvalue weighted by Crippen LogP contribution is 2.36. The number of pyridine rings is 1. The number of sulfonamides is 1. The molecule has 11 nitrogen and oxygen atoms in total. The van der Waals surface area contributed by atoms with E-state index in [-0.39, 0.29) is 28.0 Å². The summed E-state index contributed by atoms with van der Waals surface area (Å²) in [4.78, 5) is 23.7. The molecule has 0 saturated heterocycles. The van der Waals surface area contributed by atoms with Gasteiger partial charge in [0.25, 0.3) is 0 Å². The summed E-state index contributed by atoms with van der Waals surface area (Å²) < 4.78 is 34.9. The van der Waals surface area contributed by atoms with Crippen LogP contribution in [0.4, 0.5) is 11.4 Å². The van der Waals surface area contributed by atoms with Crippen molar-refractivity contribution in [1.82, 2.24) is 15.0 Å². The van der Waals surface area contributed by atoms with Gasteiger partial charge in [0.15, 0.2) is 0 Å². The Bertz CT molecular complexity index is 1520. The molecule has 174 valence electrons. The van der Waals surface area contributed by atoms with Crippen LogP contribution >= 0.6 is 0 Å². The summed E-state index contributed by atoms with van der Waals surface area (Å²) >= 11 is 0. The number of hydrogen-bond acceptors (Lipinski definition) is 9. The molecule has 4 rings (SSSR count). The smallest absolute Gasteiger partial charge is 0.335 e. The van der Waals surface area contributed by atoms with E-state index in [2.05, 4.69) is 20.3 Å². The van der Waals surface area contributed by atoms with Crippen molar-refractivity contribution in [3.8, 4) is 23.0 Å². The number of carboxylic acid groups (broad SMARTS) is 1. The van der Waals surface area contributed by atoms with Crippen LogP contribution in [-0.2, 0) is 10.0 Å². The highest BCUT2D eigenvalue weighted by molar-refractivity contribution is 7.89. The average molecular weight is 481 g/mol. The zero-order valence-corrected chi connectivity index (χ0v) is 18.8. The highest BCUT2D eigenvalue weighted by atomic mass is 32.2. The van der Waals surface area contributed by atoms with E-state index >= 15 is 0 Å². The molecule has 0 fully saturated rings. The number of primary sulfonamides is 1. The molecule has 0 aliphatic carbocycles. The maximum Gasteiger partial charge on any atom is 0.335 e. The number of nitrogens with zero attached hydrogens (tertiary/aromatic N) is 3. The van der Waals surface area contributed by atoms with E-state index in [0.717, 1.165) is 6.20 Å². The van der Waals surface area contributed by atoms with E-state index in [4.69, 9.17) is 14.6 Å². The zero-order valence-electron chi connectivity index (χ0n) is 18.0. The largest absolute Gasteiger partial charge is 0.480 e. The SMILES string of the molecule is COc1ncc(-c2ccc3c(Nc4cccc(C(=O)O)c4)c(S(N)(=O)=O)cnc3c2)c(OC)n1. The minimum atomic E-state index is -4.15. The van der Waals surface area contributed by atoms with E-state index in [9.17, 15) is 18.3 Å². The van der Waals surface area contributed by atoms with Crippen LogP contribution < -0.4 is 19.9 Å². The second-order valence-corrected chi connectivity index (χ2v) is 8.59. The second kappa shape index (κ2) is 8.92. The first kappa shape index (κ1) is 22.9. The van der Waals surface area contributed by atoms with Gasteiger partial charge in [-0.25, -0.2) is 23.3 Å². The maximum absolute atomic E-state index is 12.3. The molecule has 0 spiro atoms. The number of nitrogens with one attached hydrogen (secondary N) is 1. The predicted molar refractivity (Wildman–Crippen MR) is 124 cm³/mol. The third-order valence-electron chi connectivity index (χ3n) is 4.94. The van der Waals surface area contributed by atoms with E-state index in [0.29, 0.717) is 27.7 Å². The van der Waals surface area contributed by atoms with Gasteiger partial charge < -0.3 is 19.9 Å². The molecule has 2 heterocycles. The van der Waals surface area contributed by atoms with Crippen LogP contribution in [0.25, 0.3) is 22.0 Å². The Morgan fingerprint density at radius 3 is 2.53 bits per heavy atom. The monoisotopic (exact) mass is 481 g/mol. The average Bonchev–Trinajstić information content (AvgIpc) is 2.82. The molecule has 0 radical (unpaired) electrons. The van der Waals surface area contributed by atoms with E-state index in [1.54, 1.807) is 36.5 Å². The summed E-state index contributed by atoms with van der Waals surface area (Å²) in [6.45, 7) is 0. The van der Waals surface area contributed by atoms with Gasteiger partial charge in [0.1, 0.15) is 4.90 Å². The van der Waals surface area contributed by atoms with Crippen molar-refractivity contribution in [2.45, 2.75) is 4.90 Å². The van der Waals surface area contributed by atoms with Gasteiger partial charge >= 0.3 is 12.0 Å². The van der Waals surface area contributed by atoms with Gasteiger partial charge in [-0.2, -0.15) is 4.98 Å². The van der Waals surface area contributed by atoms with Crippen molar-refractivity contribution < 1.29 is 27.8 Å². The standard InChI is InChI=1S/C22H19N5O6S/c1-32-20-16(10-25-22(27-20)33-2)12-6-7-15-17(9-12)24-11-18(34(23,30)31)19(15)26-14-5-3-4-13(8-14)21(28)29/h3-11H,1-2H3,(H,24,26)(H,28,29)(H2,23,30,31). The molecule has 0 aliphatic heterocycles. The highest BCUT2D eigenvalue weighted by Gasteiger charge is 2.20. The van der Waals surface area contributed by atoms with Gasteiger partial charge in [-0.1, -0.05) is 18.2 Å². The first-order valence-corrected chi connectivity index (χ1v) is 11.3. The van der Waals surface area contributed by atoms with E-state index in [1.165, 1.54) is 26.4 Å². The summed E-state index contributed by atoms with van der Waals surface area (Å²) in [5.74, 6) is -0.827. The van der Waals surface area contributed by atoms with Crippen LogP contribution in [0.3, 0.4) is 0 Å². The third-order valence-corrected chi connectivity index (χ3v) is 5.86. The number of hydrogen-bond donors (Lipinski definition) is 3. The Hall–Kier alpha value is -4.29. The zero-order chi connectivity index (χ0) is 24.5. The molecule has 2 aromatic heterocycles. The van der Waals surface area contributed by atoms with Gasteiger partial charge in [-0.15, -0.1) is 0 Å². The summed E-state index contributed by atoms with van der Waals surface area (Å²) in [5, 5.41) is 18.1. The summed E-state index contributed by atoms with van der Waals surface area (Å²) in [5.41, 5.74) is 2.26. The quantitative estimate of drug-likeness (QED) is 0.357. The molecule has 34 heavy (non-hydrogen) atoms. The van der Waals surface area contributed by atoms with Gasteiger partial charge in [0, 0.05) is 23.5 Å². The molecule has 2 aromatic carbocycles. The second-order valence-electron chi connectivity index (χ2n) is 7.06. The topological polar surface area (TPSA) is 167 Å². The molecular weight excluding hydrogens is 462 g/mol. The van der Waals surface area contributed by atoms with Gasteiger partial charge in [-0.3, -0.25) is 4.98 Å². The van der Waals surface area contributed by atoms with E-state index in [1.807, 2.05) is 0 Å². The van der Waals surface area contributed by atoms with Gasteiger partial charge in [-0.05, 0) is 29.8 Å². The van der Waals surface area contributed by atoms with Gasteiger partial charge in [0.2, 0.25) is 15.9 Å². The Morgan fingerprint density at radius 1 is 1.06 bits per heavy atom. The predicted octanol–water partition coefficient (Wildman–Crippen LogP) is 2.80. The Morgan fingerprint density at radius 2 is 1.85 bits per heavy atom. The fourth-order valence-corrected chi connectivity index (χ4v) is 4.01. The number of carboxylic acids is 1. The van der Waals surface area contributed by atoms with Crippen molar-refractivity contribution in [1.29, 1.82) is 0 Å². The van der Waals surface area contributed by atoms with Crippen LogP contribution in [-0.4, -0.2) is 48.7 Å². The molecule has 0 unspecified atom stereocenters. The Balaban J connectivity index is 1.88. The van der Waals surface area contributed by atoms with Crippen molar-refractivity contribution >= 4 is 38.3 Å². The number of aromatic nitrogens is 3. The first-order chi connectivity index (χ1) is 16.2. The number of carbonyl (C=O) groups is 1. The normalized spacial score (nSPS) is 11.3. The first-order valence-electron chi connectivity index (χ1n) is 9.72. The lowest BCUT2D eigenvalue weighted by Crippen LogP contribution is -2.15. The van der Waals surface area contributed by atoms with Crippen molar-refractivity contribution in [3.63, 3.8) is 0 Å². The fourth-order valence-electron chi connectivity index (χ4n) is 3.36. The van der Waals surface area contributed by atoms with Crippen molar-refractivity contribution in [2.24, 2.45) is 5.14 Å². The fraction of sp³-hybridized carbons (Fsp3) is 0.0909. The van der Waals surface area contributed by atoms with Crippen molar-refractivity contribution in [2.75, 3.05) is 19.5 Å². The lowest BCUT2D eigenvalue weighted by atomic mass is 10.0. The number of ether oxygens (including phenoxy) is 2. The molecule has 4 aromatic rings. The number of nitrogens with two attached hydrogens (primary N) is 1. The maximum atomic E-state index is 12.3. The number of benzene rings is 2. The number of rotatable bonds is 7. The Kier molecular flexibility index (Phi) is 6.01. The number of fused-ring (bicyclic) bond motifs is 1. The molecular formula is C22H19N5O6S. The molecule has 0 saturated carbocycles.